The van der Waals surface area contributed by atoms with E-state index < -0.39 is 60.8 Å². The van der Waals surface area contributed by atoms with Gasteiger partial charge < -0.3 is 36.5 Å². The van der Waals surface area contributed by atoms with Crippen LogP contribution in [0.15, 0.2) is 36.2 Å². The fourth-order valence-electron chi connectivity index (χ4n) is 4.69. The van der Waals surface area contributed by atoms with E-state index >= 15 is 0 Å². The number of imide groups is 2. The average Bonchev–Trinajstić information content (AvgIpc) is 3.08. The number of carboxylic acids is 2. The minimum Gasteiger partial charge on any atom is -0.481 e. The first kappa shape index (κ1) is 45.3. The number of aldehydes is 1. The standard InChI is InChI=1S/C18H28FN5OS.C13H18N2O7.CH4O/c19-11-5-6-15(20)14-24(21)17-9-7-16(8-10-17)23-18(26)22-12-3-1-2-4-13-25;1-3-13(4-2)10(20)14-12(22)15(11(13)21)7(9(18)19)5-6-8(16)17;1-2/h7-10,13-14H,1-6,11-12,20-21H2,(H2,22,23,26);7H,3-6H2,1-2H3,(H,16,17)(H,18,19)(H,14,20,22);2H,1H3/b15-14-;;/t;7-;/m.0./s1. The lowest BCUT2D eigenvalue weighted by Crippen LogP contribution is -2.67. The molecule has 0 radical (unpaired) electrons. The maximum Gasteiger partial charge on any atom is 0.331 e. The Morgan fingerprint density at radius 3 is 2.20 bits per heavy atom. The molecule has 1 aromatic carbocycles. The molecule has 0 saturated carbocycles. The number of carboxylic acid groups (broad SMARTS) is 2. The number of amides is 4. The van der Waals surface area contributed by atoms with Gasteiger partial charge in [0.15, 0.2) is 5.11 Å². The lowest BCUT2D eigenvalue weighted by Gasteiger charge is -2.40. The van der Waals surface area contributed by atoms with Crippen molar-refractivity contribution in [1.29, 1.82) is 0 Å². The number of hydrazine groups is 1. The number of benzene rings is 1. The van der Waals surface area contributed by atoms with Gasteiger partial charge in [0.25, 0.3) is 0 Å². The number of allylic oxidation sites excluding steroid dienone is 1. The predicted molar refractivity (Wildman–Crippen MR) is 189 cm³/mol. The molecule has 1 fully saturated rings. The van der Waals surface area contributed by atoms with E-state index in [0.29, 0.717) is 35.0 Å². The number of aliphatic hydroxyl groups excluding tert-OH is 1. The Balaban J connectivity index is 0.000000926. The first-order valence-electron chi connectivity index (χ1n) is 16.0. The van der Waals surface area contributed by atoms with Crippen molar-refractivity contribution in [3.63, 3.8) is 0 Å². The third-order valence-corrected chi connectivity index (χ3v) is 7.80. The van der Waals surface area contributed by atoms with Crippen LogP contribution in [0.3, 0.4) is 0 Å². The van der Waals surface area contributed by atoms with Gasteiger partial charge in [0.1, 0.15) is 17.7 Å². The summed E-state index contributed by atoms with van der Waals surface area (Å²) in [5.41, 5.74) is 6.42. The number of unbranched alkanes of at least 4 members (excludes halogenated alkanes) is 3. The summed E-state index contributed by atoms with van der Waals surface area (Å²) in [7, 11) is 1.00. The number of urea groups is 1. The van der Waals surface area contributed by atoms with Gasteiger partial charge in [0, 0.05) is 44.1 Å². The highest BCUT2D eigenvalue weighted by atomic mass is 32.1. The Bertz CT molecular complexity index is 1310. The molecular weight excluding hydrogens is 677 g/mol. The molecule has 1 aliphatic heterocycles. The summed E-state index contributed by atoms with van der Waals surface area (Å²) >= 11 is 5.25. The van der Waals surface area contributed by atoms with Crippen LogP contribution in [0.4, 0.5) is 20.6 Å². The molecule has 50 heavy (non-hydrogen) atoms. The van der Waals surface area contributed by atoms with Crippen LogP contribution in [-0.4, -0.2) is 87.8 Å². The fourth-order valence-corrected chi connectivity index (χ4v) is 4.91. The molecule has 0 aliphatic carbocycles. The molecular formula is C32H50FN7O9S. The van der Waals surface area contributed by atoms with Crippen molar-refractivity contribution in [2.45, 2.75) is 84.1 Å². The quantitative estimate of drug-likeness (QED) is 0.0255. The average molecular weight is 728 g/mol. The first-order valence-corrected chi connectivity index (χ1v) is 16.4. The summed E-state index contributed by atoms with van der Waals surface area (Å²) in [5.74, 6) is 1.53. The molecule has 1 atom stereocenters. The van der Waals surface area contributed by atoms with Crippen molar-refractivity contribution in [3.05, 3.63) is 36.2 Å². The van der Waals surface area contributed by atoms with Gasteiger partial charge in [-0.2, -0.15) is 0 Å². The number of anilines is 2. The van der Waals surface area contributed by atoms with Crippen LogP contribution in [0.1, 0.15) is 78.1 Å². The van der Waals surface area contributed by atoms with E-state index in [4.69, 9.17) is 34.0 Å². The zero-order chi connectivity index (χ0) is 38.3. The number of barbiturate groups is 1. The molecule has 1 aromatic rings. The van der Waals surface area contributed by atoms with Crippen molar-refractivity contribution in [2.24, 2.45) is 17.0 Å². The minimum absolute atomic E-state index is 0.100. The lowest BCUT2D eigenvalue weighted by molar-refractivity contribution is -0.160. The van der Waals surface area contributed by atoms with Crippen molar-refractivity contribution in [3.8, 4) is 0 Å². The lowest BCUT2D eigenvalue weighted by atomic mass is 9.78. The van der Waals surface area contributed by atoms with Crippen LogP contribution in [0.25, 0.3) is 0 Å². The van der Waals surface area contributed by atoms with Gasteiger partial charge in [0.2, 0.25) is 11.8 Å². The molecule has 0 bridgehead atoms. The highest BCUT2D eigenvalue weighted by molar-refractivity contribution is 7.80. The summed E-state index contributed by atoms with van der Waals surface area (Å²) in [6, 6.07) is 4.63. The maximum atomic E-state index is 12.6. The summed E-state index contributed by atoms with van der Waals surface area (Å²) in [5, 5.41) is 35.0. The van der Waals surface area contributed by atoms with E-state index in [2.05, 4.69) is 10.6 Å². The van der Waals surface area contributed by atoms with Crippen LogP contribution in [0.2, 0.25) is 0 Å². The molecule has 280 valence electrons. The Kier molecular flexibility index (Phi) is 22.2. The normalized spacial score (nSPS) is 14.2. The van der Waals surface area contributed by atoms with Gasteiger partial charge in [-0.15, -0.1) is 0 Å². The number of alkyl halides is 1. The molecule has 0 spiro atoms. The van der Waals surface area contributed by atoms with Gasteiger partial charge in [-0.3, -0.25) is 29.1 Å². The van der Waals surface area contributed by atoms with Gasteiger partial charge in [0.05, 0.1) is 12.4 Å². The summed E-state index contributed by atoms with van der Waals surface area (Å²) < 4.78 is 12.1. The summed E-state index contributed by atoms with van der Waals surface area (Å²) in [6.07, 6.45) is 6.14. The fraction of sp³-hybridized carbons (Fsp3) is 0.531. The Morgan fingerprint density at radius 2 is 1.68 bits per heavy atom. The number of halogens is 1. The largest absolute Gasteiger partial charge is 0.481 e. The topological polar surface area (TPSA) is 258 Å². The van der Waals surface area contributed by atoms with E-state index in [1.54, 1.807) is 20.0 Å². The van der Waals surface area contributed by atoms with Crippen LogP contribution in [0, 0.1) is 5.41 Å². The van der Waals surface area contributed by atoms with Gasteiger partial charge in [-0.05, 0) is 81.4 Å². The smallest absolute Gasteiger partial charge is 0.331 e. The van der Waals surface area contributed by atoms with Crippen LogP contribution in [-0.2, 0) is 24.0 Å². The molecule has 2 rings (SSSR count). The van der Waals surface area contributed by atoms with Gasteiger partial charge >= 0.3 is 18.0 Å². The number of carbonyl (C=O) groups excluding carboxylic acids is 4. The number of hydrogen-bond acceptors (Lipinski definition) is 11. The predicted octanol–water partition coefficient (Wildman–Crippen LogP) is 2.76. The second-order valence-corrected chi connectivity index (χ2v) is 11.3. The van der Waals surface area contributed by atoms with E-state index in [9.17, 15) is 38.3 Å². The van der Waals surface area contributed by atoms with Crippen molar-refractivity contribution in [2.75, 3.05) is 30.7 Å². The summed E-state index contributed by atoms with van der Waals surface area (Å²) in [4.78, 5) is 69.0. The molecule has 10 N–H and O–H groups in total. The zero-order valence-corrected chi connectivity index (χ0v) is 29.5. The Morgan fingerprint density at radius 1 is 1.06 bits per heavy atom. The number of thiocarbonyl (C=S) groups is 1. The number of hydrogen-bond donors (Lipinski definition) is 8. The monoisotopic (exact) mass is 727 g/mol. The summed E-state index contributed by atoms with van der Waals surface area (Å²) in [6.45, 7) is 3.54. The van der Waals surface area contributed by atoms with Crippen LogP contribution < -0.4 is 32.5 Å². The molecule has 1 heterocycles. The molecule has 0 unspecified atom stereocenters. The van der Waals surface area contributed by atoms with E-state index in [1.807, 2.05) is 29.6 Å². The van der Waals surface area contributed by atoms with Crippen LogP contribution in [0.5, 0.6) is 0 Å². The van der Waals surface area contributed by atoms with Gasteiger partial charge in [-0.25, -0.2) is 20.3 Å². The Hall–Kier alpha value is -4.68. The maximum absolute atomic E-state index is 12.6. The molecule has 18 heteroatoms. The second-order valence-electron chi connectivity index (χ2n) is 10.9. The second kappa shape index (κ2) is 24.5. The first-order chi connectivity index (χ1) is 23.8. The van der Waals surface area contributed by atoms with E-state index in [0.717, 1.165) is 50.6 Å². The molecule has 1 saturated heterocycles. The number of aliphatic carboxylic acids is 2. The van der Waals surface area contributed by atoms with Crippen LogP contribution >= 0.6 is 12.2 Å². The minimum atomic E-state index is -1.63. The van der Waals surface area contributed by atoms with Crippen molar-refractivity contribution >= 4 is 64.8 Å². The Labute approximate surface area is 296 Å². The molecule has 0 aromatic heterocycles. The number of nitrogens with zero attached hydrogens (tertiary/aromatic N) is 2. The molecule has 1 aliphatic rings. The number of carbonyl (C=O) groups is 6. The number of nitrogens with two attached hydrogens (primary N) is 2. The third-order valence-electron chi connectivity index (χ3n) is 7.55. The highest BCUT2D eigenvalue weighted by Crippen LogP contribution is 2.34. The van der Waals surface area contributed by atoms with Crippen molar-refractivity contribution < 1.29 is 48.5 Å². The molecule has 16 nitrogen and oxygen atoms in total. The van der Waals surface area contributed by atoms with E-state index in [-0.39, 0.29) is 12.8 Å². The number of rotatable bonds is 19. The van der Waals surface area contributed by atoms with E-state index in [1.165, 1.54) is 5.01 Å². The number of nitrogens with one attached hydrogen (secondary N) is 3. The zero-order valence-electron chi connectivity index (χ0n) is 28.7. The molecule has 4 amide bonds. The highest BCUT2D eigenvalue weighted by Gasteiger charge is 2.54. The van der Waals surface area contributed by atoms with Crippen molar-refractivity contribution in [1.82, 2.24) is 15.5 Å². The number of aliphatic hydroxyl groups is 1. The van der Waals surface area contributed by atoms with Gasteiger partial charge in [-0.1, -0.05) is 20.3 Å². The SMILES string of the molecule is CCC1(CC)C(=O)NC(=O)N([C@@H](CCC(=O)O)C(=O)O)C1=O.CO.N/C(=C\N(N)c1ccc(NC(=S)NCCCCCC=O)cc1)CCCF. The third kappa shape index (κ3) is 14.8.